The van der Waals surface area contributed by atoms with Crippen molar-refractivity contribution in [1.29, 1.82) is 0 Å². The van der Waals surface area contributed by atoms with E-state index in [1.807, 2.05) is 62.0 Å². The number of halogens is 1. The third kappa shape index (κ3) is 5.27. The standard InChI is InChI=1S/C33H32BrN9O3/c1-18-6-7-27(34)38-31(18)39-32(46)25-12-33(17-41-9-5-8-37-41)13-26(33)43(25)28(45)16-42-30-19(2)10-22(23-14-35-21(4)36-15-23)11-24(30)29(40-42)20(3)44/h5-11,14-15,25-26H,12-13,16-17H2,1-4H3,(H,38,39,46)/t25-,26+,33-/m0/s1. The number of hydrogen-bond acceptors (Lipinski definition) is 8. The van der Waals surface area contributed by atoms with Crippen molar-refractivity contribution in [2.24, 2.45) is 5.41 Å². The van der Waals surface area contributed by atoms with Crippen LogP contribution in [0.5, 0.6) is 0 Å². The normalized spacial score (nSPS) is 20.2. The molecule has 1 aromatic carbocycles. The van der Waals surface area contributed by atoms with Crippen LogP contribution < -0.4 is 5.32 Å². The average molecular weight is 683 g/mol. The second-order valence-electron chi connectivity index (χ2n) is 12.4. The lowest BCUT2D eigenvalue weighted by Gasteiger charge is -2.27. The van der Waals surface area contributed by atoms with E-state index in [1.54, 1.807) is 28.2 Å². The van der Waals surface area contributed by atoms with Gasteiger partial charge in [0.15, 0.2) is 5.78 Å². The van der Waals surface area contributed by atoms with E-state index in [0.29, 0.717) is 40.1 Å². The summed E-state index contributed by atoms with van der Waals surface area (Å²) < 4.78 is 4.07. The van der Waals surface area contributed by atoms with Crippen molar-refractivity contribution in [3.05, 3.63) is 82.4 Å². The van der Waals surface area contributed by atoms with Gasteiger partial charge in [0.05, 0.1) is 5.52 Å². The molecule has 3 atom stereocenters. The number of anilines is 1. The van der Waals surface area contributed by atoms with Crippen molar-refractivity contribution in [3.63, 3.8) is 0 Å². The number of nitrogens with one attached hydrogen (secondary N) is 1. The molecular formula is C33H32BrN9O3. The highest BCUT2D eigenvalue weighted by atomic mass is 79.9. The van der Waals surface area contributed by atoms with Gasteiger partial charge in [-0.2, -0.15) is 10.2 Å². The number of Topliss-reactive ketones (excluding diaryl/α,β-unsaturated/α-hetero) is 1. The van der Waals surface area contributed by atoms with Crippen molar-refractivity contribution in [2.45, 2.75) is 65.7 Å². The molecular weight excluding hydrogens is 650 g/mol. The zero-order chi connectivity index (χ0) is 32.3. The van der Waals surface area contributed by atoms with Gasteiger partial charge in [-0.1, -0.05) is 6.07 Å². The lowest BCUT2D eigenvalue weighted by molar-refractivity contribution is -0.138. The maximum atomic E-state index is 14.3. The number of rotatable bonds is 8. The Morgan fingerprint density at radius 2 is 1.83 bits per heavy atom. The van der Waals surface area contributed by atoms with E-state index in [-0.39, 0.29) is 41.3 Å². The minimum absolute atomic E-state index is 0.121. The molecule has 1 saturated heterocycles. The van der Waals surface area contributed by atoms with Crippen molar-refractivity contribution in [3.8, 4) is 11.1 Å². The number of pyridine rings is 1. The largest absolute Gasteiger partial charge is 0.325 e. The van der Waals surface area contributed by atoms with Crippen LogP contribution in [0.4, 0.5) is 5.82 Å². The second-order valence-corrected chi connectivity index (χ2v) is 13.2. The SMILES string of the molecule is CC(=O)c1nn(CC(=O)N2[C@H](C(=O)Nc3nc(Br)ccc3C)C[C@@]3(Cn4cccn4)C[C@@H]23)c2c(C)cc(-c3cnc(C)nc3)cc12. The Bertz CT molecular complexity index is 2020. The number of aryl methyl sites for hydroxylation is 3. The first-order chi connectivity index (χ1) is 22.0. The molecule has 4 aromatic heterocycles. The van der Waals surface area contributed by atoms with Crippen molar-refractivity contribution < 1.29 is 14.4 Å². The molecule has 0 unspecified atom stereocenters. The van der Waals surface area contributed by atoms with Crippen LogP contribution in [0.3, 0.4) is 0 Å². The monoisotopic (exact) mass is 681 g/mol. The summed E-state index contributed by atoms with van der Waals surface area (Å²) in [6.45, 7) is 7.59. The number of aromatic nitrogens is 7. The molecule has 0 spiro atoms. The van der Waals surface area contributed by atoms with Gasteiger partial charge in [-0.05, 0) is 90.5 Å². The van der Waals surface area contributed by atoms with E-state index >= 15 is 0 Å². The molecule has 2 aliphatic rings. The second kappa shape index (κ2) is 11.2. The summed E-state index contributed by atoms with van der Waals surface area (Å²) in [5, 5.41) is 12.7. The van der Waals surface area contributed by atoms with Gasteiger partial charge < -0.3 is 10.2 Å². The van der Waals surface area contributed by atoms with Crippen LogP contribution in [-0.4, -0.2) is 69.1 Å². The lowest BCUT2D eigenvalue weighted by atomic mass is 9.99. The number of carbonyl (C=O) groups excluding carboxylic acids is 3. The Balaban J connectivity index is 1.22. The molecule has 0 radical (unpaired) electrons. The van der Waals surface area contributed by atoms with E-state index < -0.39 is 6.04 Å². The number of nitrogens with zero attached hydrogens (tertiary/aromatic N) is 8. The first-order valence-electron chi connectivity index (χ1n) is 15.1. The Morgan fingerprint density at radius 3 is 2.54 bits per heavy atom. The molecule has 2 amide bonds. The van der Waals surface area contributed by atoms with Crippen LogP contribution in [0.15, 0.2) is 59.7 Å². The summed E-state index contributed by atoms with van der Waals surface area (Å²) in [5.74, 6) is 0.383. The minimum atomic E-state index is -0.703. The molecule has 13 heteroatoms. The highest BCUT2D eigenvalue weighted by Gasteiger charge is 2.67. The predicted octanol–water partition coefficient (Wildman–Crippen LogP) is 4.67. The van der Waals surface area contributed by atoms with Gasteiger partial charge in [-0.25, -0.2) is 15.0 Å². The number of benzene rings is 1. The van der Waals surface area contributed by atoms with Crippen molar-refractivity contribution in [1.82, 2.24) is 39.4 Å². The molecule has 1 saturated carbocycles. The lowest BCUT2D eigenvalue weighted by Crippen LogP contribution is -2.47. The molecule has 0 bridgehead atoms. The van der Waals surface area contributed by atoms with Crippen LogP contribution in [0.25, 0.3) is 22.0 Å². The van der Waals surface area contributed by atoms with Crippen LogP contribution in [0.2, 0.25) is 0 Å². The van der Waals surface area contributed by atoms with Gasteiger partial charge >= 0.3 is 0 Å². The summed E-state index contributed by atoms with van der Waals surface area (Å²) in [4.78, 5) is 55.7. The van der Waals surface area contributed by atoms with Crippen LogP contribution in [-0.2, 0) is 22.7 Å². The maximum Gasteiger partial charge on any atom is 0.248 e. The van der Waals surface area contributed by atoms with Crippen LogP contribution in [0, 0.1) is 26.2 Å². The predicted molar refractivity (Wildman–Crippen MR) is 174 cm³/mol. The number of carbonyl (C=O) groups is 3. The Morgan fingerprint density at radius 1 is 1.04 bits per heavy atom. The number of hydrogen-bond donors (Lipinski definition) is 1. The first-order valence-corrected chi connectivity index (χ1v) is 15.9. The maximum absolute atomic E-state index is 14.3. The van der Waals surface area contributed by atoms with Gasteiger partial charge in [0.1, 0.15) is 34.5 Å². The smallest absolute Gasteiger partial charge is 0.248 e. The van der Waals surface area contributed by atoms with Crippen molar-refractivity contribution >= 4 is 50.2 Å². The van der Waals surface area contributed by atoms with Crippen LogP contribution >= 0.6 is 15.9 Å². The van der Waals surface area contributed by atoms with Gasteiger partial charge in [-0.15, -0.1) is 0 Å². The fourth-order valence-electron chi connectivity index (χ4n) is 6.81. The van der Waals surface area contributed by atoms with Crippen molar-refractivity contribution in [2.75, 3.05) is 5.32 Å². The molecule has 1 N–H and O–H groups in total. The van der Waals surface area contributed by atoms with E-state index in [4.69, 9.17) is 0 Å². The zero-order valence-corrected chi connectivity index (χ0v) is 27.4. The van der Waals surface area contributed by atoms with E-state index in [2.05, 4.69) is 46.4 Å². The molecule has 5 aromatic rings. The van der Waals surface area contributed by atoms with E-state index in [1.165, 1.54) is 6.92 Å². The first kappa shape index (κ1) is 29.9. The summed E-state index contributed by atoms with van der Waals surface area (Å²) >= 11 is 3.38. The summed E-state index contributed by atoms with van der Waals surface area (Å²) in [7, 11) is 0. The number of ketones is 1. The number of fused-ring (bicyclic) bond motifs is 2. The quantitative estimate of drug-likeness (QED) is 0.184. The number of likely N-dealkylation sites (tertiary alicyclic amines) is 1. The molecule has 1 aliphatic carbocycles. The van der Waals surface area contributed by atoms with Gasteiger partial charge in [0, 0.05) is 60.7 Å². The Labute approximate surface area is 273 Å². The third-order valence-corrected chi connectivity index (χ3v) is 9.56. The number of amides is 2. The molecule has 46 heavy (non-hydrogen) atoms. The molecule has 12 nitrogen and oxygen atoms in total. The Kier molecular flexibility index (Phi) is 7.30. The van der Waals surface area contributed by atoms with E-state index in [9.17, 15) is 14.4 Å². The Hall–Kier alpha value is -4.78. The fraction of sp³-hybridized carbons (Fsp3) is 0.333. The summed E-state index contributed by atoms with van der Waals surface area (Å²) in [5.41, 5.74) is 4.06. The molecule has 2 fully saturated rings. The number of piperidine rings is 1. The summed E-state index contributed by atoms with van der Waals surface area (Å²) in [6, 6.07) is 8.61. The van der Waals surface area contributed by atoms with Gasteiger partial charge in [0.25, 0.3) is 0 Å². The minimum Gasteiger partial charge on any atom is -0.325 e. The topological polar surface area (TPSA) is 141 Å². The fourth-order valence-corrected chi connectivity index (χ4v) is 7.12. The average Bonchev–Trinajstić information content (AvgIpc) is 3.35. The van der Waals surface area contributed by atoms with Gasteiger partial charge in [-0.3, -0.25) is 23.7 Å². The van der Waals surface area contributed by atoms with E-state index in [0.717, 1.165) is 28.7 Å². The molecule has 1 aliphatic heterocycles. The third-order valence-electron chi connectivity index (χ3n) is 9.12. The van der Waals surface area contributed by atoms with Gasteiger partial charge in [0.2, 0.25) is 11.8 Å². The summed E-state index contributed by atoms with van der Waals surface area (Å²) in [6.07, 6.45) is 8.40. The molecule has 234 valence electrons. The highest BCUT2D eigenvalue weighted by molar-refractivity contribution is 9.10. The molecule has 7 rings (SSSR count). The molecule has 5 heterocycles. The van der Waals surface area contributed by atoms with Crippen LogP contribution in [0.1, 0.15) is 47.2 Å². The highest BCUT2D eigenvalue weighted by Crippen LogP contribution is 2.60. The zero-order valence-electron chi connectivity index (χ0n) is 25.9.